The van der Waals surface area contributed by atoms with Gasteiger partial charge < -0.3 is 10.6 Å². The van der Waals surface area contributed by atoms with E-state index in [9.17, 15) is 14.0 Å². The van der Waals surface area contributed by atoms with Gasteiger partial charge in [-0.05, 0) is 31.9 Å². The quantitative estimate of drug-likeness (QED) is 0.445. The molecule has 4 aromatic rings. The summed E-state index contributed by atoms with van der Waals surface area (Å²) in [5.74, 6) is 6.10. The second kappa shape index (κ2) is 8.70. The molecule has 1 aromatic carbocycles. The van der Waals surface area contributed by atoms with Gasteiger partial charge in [0.15, 0.2) is 11.2 Å². The summed E-state index contributed by atoms with van der Waals surface area (Å²) in [5, 5.41) is 0.542. The molecule has 5 rings (SSSR count). The largest absolute Gasteiger partial charge is 0.341 e. The monoisotopic (exact) mass is 481 g/mol. The third-order valence-electron chi connectivity index (χ3n) is 6.05. The maximum Gasteiger partial charge on any atom is 0.332 e. The average molecular weight is 482 g/mol. The van der Waals surface area contributed by atoms with Crippen molar-refractivity contribution in [1.82, 2.24) is 23.7 Å². The molecule has 0 aliphatic carbocycles. The van der Waals surface area contributed by atoms with Gasteiger partial charge in [-0.15, -0.1) is 17.3 Å². The first-order chi connectivity index (χ1) is 16.4. The molecule has 1 saturated heterocycles. The van der Waals surface area contributed by atoms with Gasteiger partial charge in [0, 0.05) is 32.2 Å². The number of benzene rings is 1. The second-order valence-corrected chi connectivity index (χ2v) is 9.51. The third-order valence-corrected chi connectivity index (χ3v) is 7.08. The first kappa shape index (κ1) is 22.3. The van der Waals surface area contributed by atoms with Gasteiger partial charge in [-0.25, -0.2) is 14.2 Å². The molecule has 0 amide bonds. The highest BCUT2D eigenvalue weighted by molar-refractivity contribution is 7.18. The van der Waals surface area contributed by atoms with E-state index >= 15 is 0 Å². The molecule has 1 fully saturated rings. The Morgan fingerprint density at radius 2 is 2.09 bits per heavy atom. The summed E-state index contributed by atoms with van der Waals surface area (Å²) >= 11 is 1.32. The molecule has 2 N–H and O–H groups in total. The lowest BCUT2D eigenvalue weighted by atomic mass is 10.1. The molecule has 11 heteroatoms. The highest BCUT2D eigenvalue weighted by atomic mass is 32.1. The van der Waals surface area contributed by atoms with Crippen LogP contribution in [0.1, 0.15) is 24.8 Å². The molecule has 3 aromatic heterocycles. The van der Waals surface area contributed by atoms with Gasteiger partial charge in [-0.3, -0.25) is 18.5 Å². The summed E-state index contributed by atoms with van der Waals surface area (Å²) in [6.45, 7) is 3.37. The van der Waals surface area contributed by atoms with Crippen molar-refractivity contribution in [2.45, 2.75) is 38.9 Å². The van der Waals surface area contributed by atoms with Gasteiger partial charge in [0.2, 0.25) is 5.95 Å². The summed E-state index contributed by atoms with van der Waals surface area (Å²) in [4.78, 5) is 38.0. The Balaban J connectivity index is 1.67. The van der Waals surface area contributed by atoms with Crippen LogP contribution in [0, 0.1) is 17.7 Å². The molecule has 0 saturated carbocycles. The summed E-state index contributed by atoms with van der Waals surface area (Å²) < 4.78 is 18.7. The molecule has 1 atom stereocenters. The number of fused-ring (bicyclic) bond motifs is 2. The minimum atomic E-state index is -0.490. The van der Waals surface area contributed by atoms with Gasteiger partial charge in [0.25, 0.3) is 5.56 Å². The van der Waals surface area contributed by atoms with E-state index in [1.165, 1.54) is 28.0 Å². The Hall–Kier alpha value is -3.49. The van der Waals surface area contributed by atoms with Crippen LogP contribution >= 0.6 is 11.3 Å². The van der Waals surface area contributed by atoms with Gasteiger partial charge in [-0.2, -0.15) is 4.98 Å². The van der Waals surface area contributed by atoms with Gasteiger partial charge in [0.1, 0.15) is 10.8 Å². The standard InChI is InChI=1S/C23H24FN7O2S/c1-3-4-10-30-19-20(27-22(30)29-9-5-6-15(25)12-29)28(2)23(33)31(21(19)32)13-18-26-16-11-14(24)7-8-17(16)34-18/h7-8,11,15H,5-6,9-10,12-13,25H2,1-2H3/t15-/m1/s1. The average Bonchev–Trinajstić information content (AvgIpc) is 3.40. The topological polar surface area (TPSA) is 104 Å². The van der Waals surface area contributed by atoms with Crippen molar-refractivity contribution in [1.29, 1.82) is 0 Å². The van der Waals surface area contributed by atoms with Crippen molar-refractivity contribution in [3.05, 3.63) is 49.9 Å². The lowest BCUT2D eigenvalue weighted by Gasteiger charge is -2.31. The summed E-state index contributed by atoms with van der Waals surface area (Å²) in [5.41, 5.74) is 6.36. The zero-order valence-corrected chi connectivity index (χ0v) is 19.7. The number of aromatic nitrogens is 5. The van der Waals surface area contributed by atoms with E-state index in [0.717, 1.165) is 28.7 Å². The van der Waals surface area contributed by atoms with Crippen LogP contribution < -0.4 is 21.9 Å². The minimum Gasteiger partial charge on any atom is -0.341 e. The lowest BCUT2D eigenvalue weighted by Crippen LogP contribution is -2.44. The molecule has 0 spiro atoms. The third kappa shape index (κ3) is 3.78. The molecule has 34 heavy (non-hydrogen) atoms. The van der Waals surface area contributed by atoms with E-state index < -0.39 is 11.2 Å². The molecule has 0 bridgehead atoms. The van der Waals surface area contributed by atoms with Crippen molar-refractivity contribution >= 4 is 38.7 Å². The fourth-order valence-electron chi connectivity index (χ4n) is 4.39. The number of hydrogen-bond donors (Lipinski definition) is 1. The van der Waals surface area contributed by atoms with Crippen LogP contribution in [0.3, 0.4) is 0 Å². The zero-order valence-electron chi connectivity index (χ0n) is 18.9. The molecule has 0 radical (unpaired) electrons. The fourth-order valence-corrected chi connectivity index (χ4v) is 5.33. The number of imidazole rings is 1. The van der Waals surface area contributed by atoms with Crippen LogP contribution in [0.2, 0.25) is 0 Å². The van der Waals surface area contributed by atoms with Crippen molar-refractivity contribution in [3.63, 3.8) is 0 Å². The van der Waals surface area contributed by atoms with Crippen molar-refractivity contribution in [2.24, 2.45) is 12.8 Å². The van der Waals surface area contributed by atoms with Gasteiger partial charge in [-0.1, -0.05) is 5.92 Å². The Morgan fingerprint density at radius 1 is 1.26 bits per heavy atom. The number of nitrogens with zero attached hydrogens (tertiary/aromatic N) is 6. The second-order valence-electron chi connectivity index (χ2n) is 8.40. The van der Waals surface area contributed by atoms with Crippen LogP contribution in [-0.4, -0.2) is 42.8 Å². The minimum absolute atomic E-state index is 0.0169. The maximum absolute atomic E-state index is 13.6. The molecule has 176 valence electrons. The predicted octanol–water partition coefficient (Wildman–Crippen LogP) is 1.64. The SMILES string of the molecule is CC#CCn1c(N2CCC[C@@H](N)C2)nc2c1c(=O)n(Cc1nc3cc(F)ccc3s1)c(=O)n2C. The highest BCUT2D eigenvalue weighted by Crippen LogP contribution is 2.25. The number of halogens is 1. The van der Waals surface area contributed by atoms with Crippen molar-refractivity contribution in [2.75, 3.05) is 18.0 Å². The van der Waals surface area contributed by atoms with Crippen LogP contribution in [0.5, 0.6) is 0 Å². The normalized spacial score (nSPS) is 16.2. The predicted molar refractivity (Wildman–Crippen MR) is 131 cm³/mol. The number of nitrogens with two attached hydrogens (primary N) is 1. The number of anilines is 1. The first-order valence-electron chi connectivity index (χ1n) is 11.0. The Morgan fingerprint density at radius 3 is 2.85 bits per heavy atom. The maximum atomic E-state index is 13.6. The van der Waals surface area contributed by atoms with E-state index in [0.29, 0.717) is 34.2 Å². The van der Waals surface area contributed by atoms with E-state index in [1.54, 1.807) is 24.6 Å². The van der Waals surface area contributed by atoms with E-state index in [2.05, 4.69) is 21.7 Å². The van der Waals surface area contributed by atoms with Gasteiger partial charge in [0.05, 0.1) is 23.3 Å². The molecule has 1 aliphatic heterocycles. The summed E-state index contributed by atoms with van der Waals surface area (Å²) in [6, 6.07) is 4.36. The van der Waals surface area contributed by atoms with E-state index in [-0.39, 0.29) is 24.9 Å². The zero-order chi connectivity index (χ0) is 24.0. The molecular formula is C23H24FN7O2S. The highest BCUT2D eigenvalue weighted by Gasteiger charge is 2.26. The summed E-state index contributed by atoms with van der Waals surface area (Å²) in [6.07, 6.45) is 1.86. The van der Waals surface area contributed by atoms with Crippen LogP contribution in [0.25, 0.3) is 21.4 Å². The number of thiazole rings is 1. The van der Waals surface area contributed by atoms with Crippen molar-refractivity contribution < 1.29 is 4.39 Å². The molecule has 9 nitrogen and oxygen atoms in total. The fraction of sp³-hybridized carbons (Fsp3) is 0.391. The lowest BCUT2D eigenvalue weighted by molar-refractivity contribution is 0.496. The van der Waals surface area contributed by atoms with Crippen LogP contribution in [0.4, 0.5) is 10.3 Å². The number of piperidine rings is 1. The smallest absolute Gasteiger partial charge is 0.332 e. The number of rotatable bonds is 4. The van der Waals surface area contributed by atoms with E-state index in [4.69, 9.17) is 10.7 Å². The summed E-state index contributed by atoms with van der Waals surface area (Å²) in [7, 11) is 1.60. The molecule has 4 heterocycles. The Kier molecular flexibility index (Phi) is 5.71. The van der Waals surface area contributed by atoms with Crippen LogP contribution in [0.15, 0.2) is 27.8 Å². The number of hydrogen-bond acceptors (Lipinski definition) is 7. The van der Waals surface area contributed by atoms with Gasteiger partial charge >= 0.3 is 5.69 Å². The number of aryl methyl sites for hydroxylation is 1. The van der Waals surface area contributed by atoms with Crippen molar-refractivity contribution in [3.8, 4) is 11.8 Å². The Labute approximate surface area is 198 Å². The molecule has 0 unspecified atom stereocenters. The molecular weight excluding hydrogens is 457 g/mol. The van der Waals surface area contributed by atoms with Crippen LogP contribution in [-0.2, 0) is 20.1 Å². The van der Waals surface area contributed by atoms with E-state index in [1.807, 2.05) is 0 Å². The molecule has 1 aliphatic rings. The Bertz CT molecular complexity index is 1590. The first-order valence-corrected chi connectivity index (χ1v) is 11.8.